The number of hydrogen-bond acceptors (Lipinski definition) is 3. The second-order valence-corrected chi connectivity index (χ2v) is 7.81. The van der Waals surface area contributed by atoms with Gasteiger partial charge in [0.15, 0.2) is 0 Å². The largest absolute Gasteiger partial charge is 0.326 e. The molecule has 106 valence electrons. The summed E-state index contributed by atoms with van der Waals surface area (Å²) in [5.74, 6) is 0.482. The van der Waals surface area contributed by atoms with Crippen LogP contribution in [0.5, 0.6) is 0 Å². The lowest BCUT2D eigenvalue weighted by molar-refractivity contribution is 0.547. The Kier molecular flexibility index (Phi) is 4.35. The van der Waals surface area contributed by atoms with E-state index in [2.05, 4.69) is 20.7 Å². The highest BCUT2D eigenvalue weighted by Gasteiger charge is 2.29. The molecule has 1 aliphatic rings. The Bertz CT molecular complexity index is 583. The van der Waals surface area contributed by atoms with E-state index in [1.807, 2.05) is 13.0 Å². The molecule has 1 aromatic carbocycles. The Morgan fingerprint density at radius 3 is 2.58 bits per heavy atom. The molecule has 19 heavy (non-hydrogen) atoms. The maximum absolute atomic E-state index is 12.3. The SMILES string of the molecule is Cc1cc(S(=O)(=O)NCC(N)C2CC2)c(C)cc1Br. The molecule has 0 aliphatic heterocycles. The summed E-state index contributed by atoms with van der Waals surface area (Å²) in [5, 5.41) is 0. The highest BCUT2D eigenvalue weighted by atomic mass is 79.9. The van der Waals surface area contributed by atoms with E-state index in [0.717, 1.165) is 28.4 Å². The highest BCUT2D eigenvalue weighted by molar-refractivity contribution is 9.10. The monoisotopic (exact) mass is 346 g/mol. The minimum absolute atomic E-state index is 0.0772. The van der Waals surface area contributed by atoms with Gasteiger partial charge in [0.1, 0.15) is 0 Å². The summed E-state index contributed by atoms with van der Waals surface area (Å²) in [6.45, 7) is 3.97. The minimum atomic E-state index is -3.48. The van der Waals surface area contributed by atoms with Gasteiger partial charge >= 0.3 is 0 Å². The van der Waals surface area contributed by atoms with Crippen molar-refractivity contribution in [1.29, 1.82) is 0 Å². The summed E-state index contributed by atoms with van der Waals surface area (Å²) in [4.78, 5) is 0.330. The summed E-state index contributed by atoms with van der Waals surface area (Å²) in [7, 11) is -3.48. The molecule has 3 N–H and O–H groups in total. The van der Waals surface area contributed by atoms with Crippen LogP contribution in [0.25, 0.3) is 0 Å². The van der Waals surface area contributed by atoms with E-state index in [1.165, 1.54) is 0 Å². The molecule has 0 spiro atoms. The Balaban J connectivity index is 2.16. The molecule has 4 nitrogen and oxygen atoms in total. The van der Waals surface area contributed by atoms with Crippen LogP contribution in [0.4, 0.5) is 0 Å². The molecule has 1 saturated carbocycles. The summed E-state index contributed by atoms with van der Waals surface area (Å²) < 4.78 is 28.1. The van der Waals surface area contributed by atoms with Crippen LogP contribution < -0.4 is 10.5 Å². The van der Waals surface area contributed by atoms with Crippen LogP contribution in [0, 0.1) is 19.8 Å². The van der Waals surface area contributed by atoms with Crippen LogP contribution in [0.15, 0.2) is 21.5 Å². The molecular weight excluding hydrogens is 328 g/mol. The number of nitrogens with two attached hydrogens (primary N) is 1. The molecule has 0 radical (unpaired) electrons. The van der Waals surface area contributed by atoms with Gasteiger partial charge in [-0.05, 0) is 55.9 Å². The zero-order valence-corrected chi connectivity index (χ0v) is 13.5. The Morgan fingerprint density at radius 2 is 2.00 bits per heavy atom. The first kappa shape index (κ1) is 15.0. The topological polar surface area (TPSA) is 72.2 Å². The van der Waals surface area contributed by atoms with Gasteiger partial charge in [-0.25, -0.2) is 13.1 Å². The van der Waals surface area contributed by atoms with Crippen LogP contribution in [0.2, 0.25) is 0 Å². The molecular formula is C13H19BrN2O2S. The predicted octanol–water partition coefficient (Wildman–Crippen LogP) is 2.08. The van der Waals surface area contributed by atoms with E-state index < -0.39 is 10.0 Å². The van der Waals surface area contributed by atoms with Crippen molar-refractivity contribution in [3.05, 3.63) is 27.7 Å². The third-order valence-electron chi connectivity index (χ3n) is 3.48. The van der Waals surface area contributed by atoms with Crippen LogP contribution in [0.1, 0.15) is 24.0 Å². The van der Waals surface area contributed by atoms with Gasteiger partial charge in [-0.2, -0.15) is 0 Å². The molecule has 0 aromatic heterocycles. The van der Waals surface area contributed by atoms with Gasteiger partial charge in [0.2, 0.25) is 10.0 Å². The lowest BCUT2D eigenvalue weighted by Crippen LogP contribution is -2.38. The Labute approximate surface area is 122 Å². The summed E-state index contributed by atoms with van der Waals surface area (Å²) in [5.41, 5.74) is 7.55. The van der Waals surface area contributed by atoms with Gasteiger partial charge in [-0.15, -0.1) is 0 Å². The molecule has 6 heteroatoms. The number of nitrogens with one attached hydrogen (secondary N) is 1. The van der Waals surface area contributed by atoms with Crippen molar-refractivity contribution in [3.8, 4) is 0 Å². The van der Waals surface area contributed by atoms with Crippen molar-refractivity contribution in [2.75, 3.05) is 6.54 Å². The Hall–Kier alpha value is -0.430. The molecule has 0 saturated heterocycles. The van der Waals surface area contributed by atoms with Gasteiger partial charge in [0, 0.05) is 17.1 Å². The fraction of sp³-hybridized carbons (Fsp3) is 0.538. The molecule has 1 fully saturated rings. The van der Waals surface area contributed by atoms with E-state index in [0.29, 0.717) is 17.4 Å². The van der Waals surface area contributed by atoms with E-state index >= 15 is 0 Å². The van der Waals surface area contributed by atoms with Gasteiger partial charge in [0.25, 0.3) is 0 Å². The molecule has 1 unspecified atom stereocenters. The van der Waals surface area contributed by atoms with Gasteiger partial charge in [-0.3, -0.25) is 0 Å². The molecule has 1 aliphatic carbocycles. The first-order valence-corrected chi connectivity index (χ1v) is 8.61. The number of halogens is 1. The number of rotatable bonds is 5. The van der Waals surface area contributed by atoms with Crippen molar-refractivity contribution < 1.29 is 8.42 Å². The number of aryl methyl sites for hydroxylation is 2. The van der Waals surface area contributed by atoms with E-state index in [1.54, 1.807) is 13.0 Å². The normalized spacial score (nSPS) is 17.5. The fourth-order valence-corrected chi connectivity index (χ4v) is 3.86. The first-order chi connectivity index (χ1) is 8.81. The smallest absolute Gasteiger partial charge is 0.240 e. The molecule has 2 rings (SSSR count). The van der Waals surface area contributed by atoms with Crippen molar-refractivity contribution >= 4 is 26.0 Å². The van der Waals surface area contributed by atoms with Crippen LogP contribution in [-0.2, 0) is 10.0 Å². The molecule has 0 heterocycles. The number of hydrogen-bond donors (Lipinski definition) is 2. The summed E-state index contributed by atoms with van der Waals surface area (Å²) >= 11 is 3.40. The van der Waals surface area contributed by atoms with Crippen LogP contribution in [-0.4, -0.2) is 21.0 Å². The third-order valence-corrected chi connectivity index (χ3v) is 5.90. The van der Waals surface area contributed by atoms with E-state index in [-0.39, 0.29) is 6.04 Å². The van der Waals surface area contributed by atoms with Crippen LogP contribution >= 0.6 is 15.9 Å². The van der Waals surface area contributed by atoms with Crippen molar-refractivity contribution in [2.45, 2.75) is 37.6 Å². The zero-order valence-electron chi connectivity index (χ0n) is 11.1. The molecule has 1 aromatic rings. The standard InChI is InChI=1S/C13H19BrN2O2S/c1-8-6-13(9(2)5-11(8)14)19(17,18)16-7-12(15)10-3-4-10/h5-6,10,12,16H,3-4,7,15H2,1-2H3. The third kappa shape index (κ3) is 3.56. The maximum Gasteiger partial charge on any atom is 0.240 e. The van der Waals surface area contributed by atoms with Crippen molar-refractivity contribution in [1.82, 2.24) is 4.72 Å². The van der Waals surface area contributed by atoms with Crippen LogP contribution in [0.3, 0.4) is 0 Å². The average Bonchev–Trinajstić information content (AvgIpc) is 3.14. The zero-order chi connectivity index (χ0) is 14.2. The van der Waals surface area contributed by atoms with Gasteiger partial charge < -0.3 is 5.73 Å². The highest BCUT2D eigenvalue weighted by Crippen LogP contribution is 2.31. The second kappa shape index (κ2) is 5.52. The predicted molar refractivity (Wildman–Crippen MR) is 79.5 cm³/mol. The number of sulfonamides is 1. The minimum Gasteiger partial charge on any atom is -0.326 e. The fourth-order valence-electron chi connectivity index (χ4n) is 2.02. The quantitative estimate of drug-likeness (QED) is 0.857. The lowest BCUT2D eigenvalue weighted by Gasteiger charge is -2.14. The van der Waals surface area contributed by atoms with E-state index in [4.69, 9.17) is 5.73 Å². The van der Waals surface area contributed by atoms with Gasteiger partial charge in [0.05, 0.1) is 4.90 Å². The second-order valence-electron chi connectivity index (χ2n) is 5.22. The Morgan fingerprint density at radius 1 is 1.37 bits per heavy atom. The summed E-state index contributed by atoms with van der Waals surface area (Å²) in [6, 6.07) is 3.43. The molecule has 0 amide bonds. The molecule has 1 atom stereocenters. The number of benzene rings is 1. The van der Waals surface area contributed by atoms with E-state index in [9.17, 15) is 8.42 Å². The summed E-state index contributed by atoms with van der Waals surface area (Å²) in [6.07, 6.45) is 2.22. The van der Waals surface area contributed by atoms with Crippen molar-refractivity contribution in [3.63, 3.8) is 0 Å². The van der Waals surface area contributed by atoms with Gasteiger partial charge in [-0.1, -0.05) is 15.9 Å². The average molecular weight is 347 g/mol. The maximum atomic E-state index is 12.3. The van der Waals surface area contributed by atoms with Crippen molar-refractivity contribution in [2.24, 2.45) is 11.7 Å². The first-order valence-electron chi connectivity index (χ1n) is 6.33. The molecule has 0 bridgehead atoms. The lowest BCUT2D eigenvalue weighted by atomic mass is 10.2.